The van der Waals surface area contributed by atoms with E-state index in [-0.39, 0.29) is 30.1 Å². The molecular weight excluding hydrogens is 403 g/mol. The van der Waals surface area contributed by atoms with Gasteiger partial charge in [0.15, 0.2) is 21.5 Å². The molecule has 0 spiro atoms. The molecule has 0 unspecified atom stereocenters. The fourth-order valence-electron chi connectivity index (χ4n) is 3.43. The average molecular weight is 420 g/mol. The van der Waals surface area contributed by atoms with E-state index in [1.165, 1.54) is 7.11 Å². The van der Waals surface area contributed by atoms with E-state index in [9.17, 15) is 30.4 Å². The molecule has 0 aromatic heterocycles. The first-order valence-corrected chi connectivity index (χ1v) is 10.0. The summed E-state index contributed by atoms with van der Waals surface area (Å²) in [4.78, 5) is -0.812. The van der Waals surface area contributed by atoms with Gasteiger partial charge in [-0.2, -0.15) is 13.2 Å². The maximum atomic E-state index is 13.6. The maximum absolute atomic E-state index is 13.6. The van der Waals surface area contributed by atoms with Crippen molar-refractivity contribution in [1.82, 2.24) is 0 Å². The lowest BCUT2D eigenvalue weighted by molar-refractivity contribution is -0.139. The topological polar surface area (TPSA) is 43.4 Å². The van der Waals surface area contributed by atoms with E-state index in [4.69, 9.17) is 4.74 Å². The van der Waals surface area contributed by atoms with Crippen molar-refractivity contribution in [3.8, 4) is 11.1 Å². The number of methoxy groups -OCH3 is 1. The Kier molecular flexibility index (Phi) is 5.51. The fourth-order valence-corrected chi connectivity index (χ4v) is 5.44. The number of rotatable bonds is 4. The normalized spacial score (nSPS) is 20.5. The van der Waals surface area contributed by atoms with Crippen LogP contribution >= 0.6 is 0 Å². The molecule has 0 saturated heterocycles. The minimum Gasteiger partial charge on any atom is -0.381 e. The Morgan fingerprint density at radius 2 is 1.61 bits per heavy atom. The van der Waals surface area contributed by atoms with Gasteiger partial charge in [0.05, 0.1) is 21.8 Å². The maximum Gasteiger partial charge on any atom is 0.417 e. The van der Waals surface area contributed by atoms with Gasteiger partial charge in [-0.05, 0) is 54.7 Å². The molecule has 2 aromatic rings. The van der Waals surface area contributed by atoms with Crippen molar-refractivity contribution in [2.45, 2.75) is 41.7 Å². The van der Waals surface area contributed by atoms with Crippen molar-refractivity contribution in [2.75, 3.05) is 7.11 Å². The molecule has 0 bridgehead atoms. The zero-order valence-electron chi connectivity index (χ0n) is 14.8. The second kappa shape index (κ2) is 7.44. The zero-order valence-corrected chi connectivity index (χ0v) is 15.6. The first-order chi connectivity index (χ1) is 13.0. The van der Waals surface area contributed by atoms with Gasteiger partial charge in [0.2, 0.25) is 0 Å². The van der Waals surface area contributed by atoms with Gasteiger partial charge in [-0.3, -0.25) is 0 Å². The highest BCUT2D eigenvalue weighted by atomic mass is 32.2. The molecule has 1 aliphatic carbocycles. The summed E-state index contributed by atoms with van der Waals surface area (Å²) in [6, 6.07) is 5.39. The molecule has 0 heterocycles. The molecule has 152 valence electrons. The molecule has 2 atom stereocenters. The third kappa shape index (κ3) is 3.91. The zero-order chi connectivity index (χ0) is 20.7. The molecule has 0 aliphatic heterocycles. The van der Waals surface area contributed by atoms with Crippen molar-refractivity contribution in [2.24, 2.45) is 0 Å². The van der Waals surface area contributed by atoms with Crippen molar-refractivity contribution < 1.29 is 35.1 Å². The van der Waals surface area contributed by atoms with Crippen LogP contribution in [0.1, 0.15) is 24.8 Å². The van der Waals surface area contributed by atoms with Crippen molar-refractivity contribution in [3.05, 3.63) is 53.6 Å². The quantitative estimate of drug-likeness (QED) is 0.655. The van der Waals surface area contributed by atoms with Gasteiger partial charge in [-0.1, -0.05) is 12.1 Å². The molecule has 3 rings (SSSR count). The van der Waals surface area contributed by atoms with E-state index >= 15 is 0 Å². The fraction of sp³-hybridized carbons (Fsp3) is 0.368. The predicted molar refractivity (Wildman–Crippen MR) is 92.4 cm³/mol. The Balaban J connectivity index is 2.08. The lowest BCUT2D eigenvalue weighted by Gasteiger charge is -2.18. The Labute approximate surface area is 159 Å². The molecule has 9 heteroatoms. The van der Waals surface area contributed by atoms with E-state index in [0.717, 1.165) is 30.3 Å². The molecule has 0 amide bonds. The average Bonchev–Trinajstić information content (AvgIpc) is 3.13. The largest absolute Gasteiger partial charge is 0.417 e. The Morgan fingerprint density at radius 3 is 2.18 bits per heavy atom. The second-order valence-corrected chi connectivity index (χ2v) is 8.87. The van der Waals surface area contributed by atoms with Crippen LogP contribution in [0.5, 0.6) is 0 Å². The van der Waals surface area contributed by atoms with Crippen LogP contribution < -0.4 is 0 Å². The van der Waals surface area contributed by atoms with Crippen LogP contribution in [0.15, 0.2) is 41.3 Å². The van der Waals surface area contributed by atoms with E-state index in [2.05, 4.69) is 0 Å². The number of ether oxygens (including phenoxy) is 1. The van der Waals surface area contributed by atoms with E-state index in [1.807, 2.05) is 0 Å². The molecule has 1 saturated carbocycles. The summed E-state index contributed by atoms with van der Waals surface area (Å²) in [5.41, 5.74) is -1.38. The van der Waals surface area contributed by atoms with Gasteiger partial charge < -0.3 is 4.74 Å². The number of hydrogen-bond donors (Lipinski definition) is 0. The number of benzene rings is 2. The van der Waals surface area contributed by atoms with Crippen LogP contribution in [0.2, 0.25) is 0 Å². The monoisotopic (exact) mass is 420 g/mol. The molecule has 1 aliphatic rings. The predicted octanol–water partition coefficient (Wildman–Crippen LogP) is 4.99. The van der Waals surface area contributed by atoms with Gasteiger partial charge >= 0.3 is 6.18 Å². The van der Waals surface area contributed by atoms with Gasteiger partial charge in [-0.15, -0.1) is 0 Å². The summed E-state index contributed by atoms with van der Waals surface area (Å²) in [7, 11) is -2.82. The number of halogens is 5. The molecule has 1 fully saturated rings. The summed E-state index contributed by atoms with van der Waals surface area (Å²) in [5.74, 6) is -2.34. The van der Waals surface area contributed by atoms with Crippen LogP contribution in [0.25, 0.3) is 11.1 Å². The van der Waals surface area contributed by atoms with Gasteiger partial charge in [0.25, 0.3) is 0 Å². The smallest absolute Gasteiger partial charge is 0.381 e. The van der Waals surface area contributed by atoms with E-state index < -0.39 is 43.4 Å². The molecule has 0 N–H and O–H groups in total. The van der Waals surface area contributed by atoms with Crippen LogP contribution in [-0.4, -0.2) is 26.9 Å². The number of hydrogen-bond acceptors (Lipinski definition) is 3. The van der Waals surface area contributed by atoms with Gasteiger partial charge in [0.1, 0.15) is 0 Å². The van der Waals surface area contributed by atoms with Gasteiger partial charge in [0, 0.05) is 7.11 Å². The van der Waals surface area contributed by atoms with Crippen LogP contribution in [0.3, 0.4) is 0 Å². The summed E-state index contributed by atoms with van der Waals surface area (Å²) in [6.07, 6.45) is -4.45. The molecule has 3 nitrogen and oxygen atoms in total. The summed E-state index contributed by atoms with van der Waals surface area (Å²) < 4.78 is 98.2. The number of alkyl halides is 3. The van der Waals surface area contributed by atoms with Crippen LogP contribution in [0, 0.1) is 11.6 Å². The Bertz CT molecular complexity index is 986. The van der Waals surface area contributed by atoms with Gasteiger partial charge in [-0.25, -0.2) is 17.2 Å². The van der Waals surface area contributed by atoms with Crippen LogP contribution in [-0.2, 0) is 20.8 Å². The summed E-state index contributed by atoms with van der Waals surface area (Å²) in [5, 5.41) is -0.965. The first-order valence-electron chi connectivity index (χ1n) is 8.47. The second-order valence-electron chi connectivity index (χ2n) is 6.68. The van der Waals surface area contributed by atoms with E-state index in [1.54, 1.807) is 0 Å². The highest BCUT2D eigenvalue weighted by Crippen LogP contribution is 2.40. The third-order valence-corrected chi connectivity index (χ3v) is 7.23. The lowest BCUT2D eigenvalue weighted by Crippen LogP contribution is -2.23. The molecule has 2 aromatic carbocycles. The minimum atomic E-state index is -4.93. The van der Waals surface area contributed by atoms with Crippen molar-refractivity contribution >= 4 is 9.84 Å². The highest BCUT2D eigenvalue weighted by Gasteiger charge is 2.42. The first kappa shape index (κ1) is 20.7. The Hall–Kier alpha value is -2.00. The molecule has 28 heavy (non-hydrogen) atoms. The summed E-state index contributed by atoms with van der Waals surface area (Å²) in [6.45, 7) is 0. The highest BCUT2D eigenvalue weighted by molar-refractivity contribution is 7.92. The van der Waals surface area contributed by atoms with Crippen LogP contribution in [0.4, 0.5) is 22.0 Å². The van der Waals surface area contributed by atoms with Crippen molar-refractivity contribution in [1.29, 1.82) is 0 Å². The van der Waals surface area contributed by atoms with Crippen molar-refractivity contribution in [3.63, 3.8) is 0 Å². The summed E-state index contributed by atoms with van der Waals surface area (Å²) >= 11 is 0. The Morgan fingerprint density at radius 1 is 0.964 bits per heavy atom. The lowest BCUT2D eigenvalue weighted by atomic mass is 10.0. The van der Waals surface area contributed by atoms with E-state index in [0.29, 0.717) is 12.5 Å². The molecular formula is C19H17F5O3S. The molecule has 0 radical (unpaired) electrons. The standard InChI is InChI=1S/C19H17F5O3S/c1-27-13-4-5-14(10-13)28(25,26)18-7-3-11(8-15(18)19(22,23)24)12-2-6-16(20)17(21)9-12/h2-3,6-9,13-14H,4-5,10H2,1H3/t13-,14-/m0/s1. The minimum absolute atomic E-state index is 0.00802. The SMILES string of the molecule is CO[C@H]1CC[C@H](S(=O)(=O)c2ccc(-c3ccc(F)c(F)c3)cc2C(F)(F)F)C1. The number of sulfone groups is 1. The third-order valence-electron chi connectivity index (χ3n) is 4.95.